The van der Waals surface area contributed by atoms with Gasteiger partial charge in [-0.05, 0) is 44.4 Å². The van der Waals surface area contributed by atoms with Crippen molar-refractivity contribution in [2.24, 2.45) is 0 Å². The maximum Gasteiger partial charge on any atom is 0.0906 e. The van der Waals surface area contributed by atoms with E-state index < -0.39 is 0 Å². The monoisotopic (exact) mass is 219 g/mol. The lowest BCUT2D eigenvalue weighted by Crippen LogP contribution is -2.58. The highest BCUT2D eigenvalue weighted by Gasteiger charge is 2.32. The van der Waals surface area contributed by atoms with Gasteiger partial charge in [0.15, 0.2) is 0 Å². The molecule has 0 aliphatic carbocycles. The van der Waals surface area contributed by atoms with E-state index in [1.165, 1.54) is 22.3 Å². The second-order valence-corrected chi connectivity index (χ2v) is 5.22. The highest BCUT2D eigenvalue weighted by atomic mass is 16.5. The van der Waals surface area contributed by atoms with E-state index in [9.17, 15) is 0 Å². The summed E-state index contributed by atoms with van der Waals surface area (Å²) in [7, 11) is 0. The molecule has 2 rings (SSSR count). The van der Waals surface area contributed by atoms with Crippen LogP contribution in [0, 0.1) is 20.8 Å². The van der Waals surface area contributed by atoms with Crippen LogP contribution in [0.4, 0.5) is 0 Å². The molecule has 0 atom stereocenters. The lowest BCUT2D eigenvalue weighted by Gasteiger charge is -2.39. The molecule has 1 saturated heterocycles. The van der Waals surface area contributed by atoms with Gasteiger partial charge in [0.2, 0.25) is 0 Å². The molecule has 0 saturated carbocycles. The number of aryl methyl sites for hydroxylation is 3. The van der Waals surface area contributed by atoms with Crippen molar-refractivity contribution in [3.8, 4) is 0 Å². The molecule has 1 aliphatic rings. The molecule has 88 valence electrons. The van der Waals surface area contributed by atoms with Gasteiger partial charge in [0, 0.05) is 13.1 Å². The third kappa shape index (κ3) is 2.28. The van der Waals surface area contributed by atoms with Gasteiger partial charge in [-0.2, -0.15) is 0 Å². The minimum Gasteiger partial charge on any atom is -0.368 e. The van der Waals surface area contributed by atoms with Crippen LogP contribution in [-0.4, -0.2) is 18.7 Å². The Hall–Kier alpha value is -0.860. The first-order chi connectivity index (χ1) is 7.50. The van der Waals surface area contributed by atoms with E-state index in [-0.39, 0.29) is 5.60 Å². The Labute approximate surface area is 98.0 Å². The number of nitrogens with one attached hydrogen (secondary N) is 1. The number of hydrogen-bond donors (Lipinski definition) is 1. The molecule has 1 heterocycles. The average molecular weight is 219 g/mol. The number of benzene rings is 1. The molecule has 0 radical (unpaired) electrons. The van der Waals surface area contributed by atoms with Gasteiger partial charge in [-0.15, -0.1) is 0 Å². The molecule has 0 bridgehead atoms. The summed E-state index contributed by atoms with van der Waals surface area (Å²) in [6.45, 7) is 11.3. The molecule has 16 heavy (non-hydrogen) atoms. The van der Waals surface area contributed by atoms with Gasteiger partial charge in [0.25, 0.3) is 0 Å². The predicted molar refractivity (Wildman–Crippen MR) is 66.7 cm³/mol. The van der Waals surface area contributed by atoms with Crippen molar-refractivity contribution in [1.29, 1.82) is 0 Å². The maximum atomic E-state index is 5.99. The van der Waals surface area contributed by atoms with Crippen LogP contribution in [0.2, 0.25) is 0 Å². The molecule has 0 aromatic heterocycles. The highest BCUT2D eigenvalue weighted by molar-refractivity contribution is 5.37. The Balaban J connectivity index is 2.09. The van der Waals surface area contributed by atoms with E-state index in [4.69, 9.17) is 4.74 Å². The van der Waals surface area contributed by atoms with E-state index in [1.54, 1.807) is 0 Å². The van der Waals surface area contributed by atoms with Gasteiger partial charge in [0.1, 0.15) is 0 Å². The van der Waals surface area contributed by atoms with Gasteiger partial charge in [-0.1, -0.05) is 17.7 Å². The van der Waals surface area contributed by atoms with Crippen molar-refractivity contribution in [2.75, 3.05) is 13.1 Å². The van der Waals surface area contributed by atoms with Crippen LogP contribution in [0.1, 0.15) is 29.2 Å². The molecule has 0 spiro atoms. The van der Waals surface area contributed by atoms with E-state index in [1.807, 2.05) is 0 Å². The second-order valence-electron chi connectivity index (χ2n) is 5.22. The first kappa shape index (κ1) is 11.6. The Bertz CT molecular complexity index is 371. The van der Waals surface area contributed by atoms with Crippen LogP contribution in [0.3, 0.4) is 0 Å². The van der Waals surface area contributed by atoms with E-state index in [0.29, 0.717) is 0 Å². The number of ether oxygens (including phenoxy) is 1. The van der Waals surface area contributed by atoms with E-state index in [2.05, 4.69) is 45.1 Å². The summed E-state index contributed by atoms with van der Waals surface area (Å²) in [5, 5.41) is 3.25. The largest absolute Gasteiger partial charge is 0.368 e. The molecule has 2 nitrogen and oxygen atoms in total. The molecule has 1 fully saturated rings. The van der Waals surface area contributed by atoms with Gasteiger partial charge in [-0.25, -0.2) is 0 Å². The topological polar surface area (TPSA) is 21.3 Å². The Kier molecular flexibility index (Phi) is 3.04. The third-order valence-electron chi connectivity index (χ3n) is 3.40. The number of hydrogen-bond acceptors (Lipinski definition) is 2. The van der Waals surface area contributed by atoms with Gasteiger partial charge < -0.3 is 10.1 Å². The molecule has 1 N–H and O–H groups in total. The molecule has 2 heteroatoms. The van der Waals surface area contributed by atoms with E-state index >= 15 is 0 Å². The fourth-order valence-electron chi connectivity index (χ4n) is 2.26. The van der Waals surface area contributed by atoms with Crippen molar-refractivity contribution < 1.29 is 4.74 Å². The Morgan fingerprint density at radius 1 is 1.19 bits per heavy atom. The summed E-state index contributed by atoms with van der Waals surface area (Å²) < 4.78 is 5.99. The van der Waals surface area contributed by atoms with E-state index in [0.717, 1.165) is 19.7 Å². The van der Waals surface area contributed by atoms with Crippen molar-refractivity contribution >= 4 is 0 Å². The molecule has 0 unspecified atom stereocenters. The average Bonchev–Trinajstić information content (AvgIpc) is 2.13. The van der Waals surface area contributed by atoms with Gasteiger partial charge in [0.05, 0.1) is 12.2 Å². The lowest BCUT2D eigenvalue weighted by molar-refractivity contribution is -0.0770. The summed E-state index contributed by atoms with van der Waals surface area (Å²) in [6.07, 6.45) is 0. The minimum atomic E-state index is 0.0454. The standard InChI is InChI=1S/C14H21NO/c1-10-5-11(2)13(12(3)6-10)7-16-14(4)8-15-9-14/h5-6,15H,7-9H2,1-4H3. The number of rotatable bonds is 3. The Morgan fingerprint density at radius 3 is 2.19 bits per heavy atom. The SMILES string of the molecule is Cc1cc(C)c(COC2(C)CNC2)c(C)c1. The maximum absolute atomic E-state index is 5.99. The summed E-state index contributed by atoms with van der Waals surface area (Å²) in [6, 6.07) is 4.46. The summed E-state index contributed by atoms with van der Waals surface area (Å²) in [4.78, 5) is 0. The van der Waals surface area contributed by atoms with Crippen LogP contribution in [0.25, 0.3) is 0 Å². The quantitative estimate of drug-likeness (QED) is 0.843. The molecule has 1 aromatic rings. The molecular weight excluding hydrogens is 198 g/mol. The predicted octanol–water partition coefficient (Wildman–Crippen LogP) is 2.49. The first-order valence-corrected chi connectivity index (χ1v) is 5.92. The summed E-state index contributed by atoms with van der Waals surface area (Å²) in [5.74, 6) is 0. The normalized spacial score (nSPS) is 18.2. The highest BCUT2D eigenvalue weighted by Crippen LogP contribution is 2.22. The summed E-state index contributed by atoms with van der Waals surface area (Å²) in [5.41, 5.74) is 5.40. The Morgan fingerprint density at radius 2 is 1.75 bits per heavy atom. The fourth-order valence-corrected chi connectivity index (χ4v) is 2.26. The summed E-state index contributed by atoms with van der Waals surface area (Å²) >= 11 is 0. The van der Waals surface area contributed by atoms with Crippen LogP contribution in [-0.2, 0) is 11.3 Å². The zero-order valence-corrected chi connectivity index (χ0v) is 10.7. The van der Waals surface area contributed by atoms with Crippen molar-refractivity contribution in [1.82, 2.24) is 5.32 Å². The van der Waals surface area contributed by atoms with Crippen LogP contribution >= 0.6 is 0 Å². The zero-order chi connectivity index (χ0) is 11.8. The lowest BCUT2D eigenvalue weighted by atomic mass is 9.98. The second kappa shape index (κ2) is 4.19. The molecule has 0 amide bonds. The van der Waals surface area contributed by atoms with Gasteiger partial charge >= 0.3 is 0 Å². The van der Waals surface area contributed by atoms with Crippen molar-refractivity contribution in [2.45, 2.75) is 39.9 Å². The van der Waals surface area contributed by atoms with Crippen molar-refractivity contribution in [3.05, 3.63) is 34.4 Å². The molecule has 1 aromatic carbocycles. The fraction of sp³-hybridized carbons (Fsp3) is 0.571. The third-order valence-corrected chi connectivity index (χ3v) is 3.40. The van der Waals surface area contributed by atoms with Crippen LogP contribution in [0.5, 0.6) is 0 Å². The van der Waals surface area contributed by atoms with Crippen molar-refractivity contribution in [3.63, 3.8) is 0 Å². The smallest absolute Gasteiger partial charge is 0.0906 e. The molecule has 1 aliphatic heterocycles. The first-order valence-electron chi connectivity index (χ1n) is 5.92. The minimum absolute atomic E-state index is 0.0454. The zero-order valence-electron chi connectivity index (χ0n) is 10.7. The van der Waals surface area contributed by atoms with Crippen LogP contribution in [0.15, 0.2) is 12.1 Å². The molecular formula is C14H21NO. The van der Waals surface area contributed by atoms with Crippen LogP contribution < -0.4 is 5.32 Å². The van der Waals surface area contributed by atoms with Gasteiger partial charge in [-0.3, -0.25) is 0 Å².